The second-order valence-corrected chi connectivity index (χ2v) is 6.81. The van der Waals surface area contributed by atoms with Crippen molar-refractivity contribution in [2.24, 2.45) is 0 Å². The molecule has 1 amide bonds. The van der Waals surface area contributed by atoms with Crippen molar-refractivity contribution in [1.82, 2.24) is 4.98 Å². The third-order valence-corrected chi connectivity index (χ3v) is 4.53. The molecule has 6 heteroatoms. The molecular formula is C19H21N3O2S. The third-order valence-electron chi connectivity index (χ3n) is 3.54. The lowest BCUT2D eigenvalue weighted by molar-refractivity contribution is -0.115. The Morgan fingerprint density at radius 2 is 2.00 bits per heavy atom. The largest absolute Gasteiger partial charge is 0.497 e. The number of benzene rings is 1. The van der Waals surface area contributed by atoms with Crippen molar-refractivity contribution >= 4 is 23.4 Å². The fraction of sp³-hybridized carbons (Fsp3) is 0.316. The van der Waals surface area contributed by atoms with E-state index in [1.807, 2.05) is 6.07 Å². The summed E-state index contributed by atoms with van der Waals surface area (Å²) >= 11 is 1.43. The van der Waals surface area contributed by atoms with E-state index in [1.54, 1.807) is 37.4 Å². The van der Waals surface area contributed by atoms with Gasteiger partial charge in [-0.25, -0.2) is 4.98 Å². The van der Waals surface area contributed by atoms with Crippen LogP contribution < -0.4 is 10.1 Å². The van der Waals surface area contributed by atoms with E-state index in [4.69, 9.17) is 4.74 Å². The number of thioether (sulfide) groups is 1. The number of methoxy groups -OCH3 is 1. The molecule has 1 aromatic heterocycles. The second-order valence-electron chi connectivity index (χ2n) is 5.73. The summed E-state index contributed by atoms with van der Waals surface area (Å²) in [5.41, 5.74) is 2.22. The maximum absolute atomic E-state index is 12.0. The number of ether oxygens (including phenoxy) is 1. The molecule has 0 aliphatic rings. The van der Waals surface area contributed by atoms with E-state index in [-0.39, 0.29) is 5.91 Å². The molecule has 0 fully saturated rings. The molecular weight excluding hydrogens is 334 g/mol. The molecule has 2 rings (SSSR count). The molecule has 0 radical (unpaired) electrons. The molecule has 0 unspecified atom stereocenters. The molecule has 0 spiro atoms. The highest BCUT2D eigenvalue weighted by Gasteiger charge is 2.10. The average Bonchev–Trinajstić information content (AvgIpc) is 2.62. The molecule has 1 N–H and O–H groups in total. The molecule has 130 valence electrons. The summed E-state index contributed by atoms with van der Waals surface area (Å²) in [5, 5.41) is 12.7. The Morgan fingerprint density at radius 3 is 2.60 bits per heavy atom. The van der Waals surface area contributed by atoms with Gasteiger partial charge in [0.25, 0.3) is 0 Å². The maximum atomic E-state index is 12.0. The third kappa shape index (κ3) is 5.50. The average molecular weight is 355 g/mol. The number of hydrogen-bond donors (Lipinski definition) is 1. The van der Waals surface area contributed by atoms with Crippen LogP contribution in [0.2, 0.25) is 0 Å². The number of nitriles is 1. The van der Waals surface area contributed by atoms with Gasteiger partial charge in [-0.05, 0) is 42.3 Å². The van der Waals surface area contributed by atoms with E-state index >= 15 is 0 Å². The van der Waals surface area contributed by atoms with Gasteiger partial charge in [-0.2, -0.15) is 5.26 Å². The van der Waals surface area contributed by atoms with E-state index in [0.29, 0.717) is 28.7 Å². The first kappa shape index (κ1) is 18.8. The van der Waals surface area contributed by atoms with Crippen LogP contribution in [0, 0.1) is 11.3 Å². The van der Waals surface area contributed by atoms with Gasteiger partial charge in [-0.1, -0.05) is 13.8 Å². The zero-order valence-corrected chi connectivity index (χ0v) is 15.4. The van der Waals surface area contributed by atoms with Crippen molar-refractivity contribution in [3.63, 3.8) is 0 Å². The normalized spacial score (nSPS) is 10.4. The van der Waals surface area contributed by atoms with Crippen molar-refractivity contribution in [3.05, 3.63) is 47.7 Å². The molecule has 0 saturated carbocycles. The number of carbonyl (C=O) groups excluding carboxylic acids is 1. The van der Waals surface area contributed by atoms with Crippen LogP contribution in [0.25, 0.3) is 0 Å². The predicted molar refractivity (Wildman–Crippen MR) is 100 cm³/mol. The van der Waals surface area contributed by atoms with Gasteiger partial charge in [0.05, 0.1) is 12.7 Å². The van der Waals surface area contributed by atoms with Crippen molar-refractivity contribution in [2.45, 2.75) is 31.2 Å². The molecule has 2 aromatic rings. The zero-order valence-electron chi connectivity index (χ0n) is 14.6. The Labute approximate surface area is 152 Å². The van der Waals surface area contributed by atoms with Crippen LogP contribution in [-0.2, 0) is 4.79 Å². The van der Waals surface area contributed by atoms with Gasteiger partial charge in [-0.15, -0.1) is 11.8 Å². The smallest absolute Gasteiger partial charge is 0.225 e. The zero-order chi connectivity index (χ0) is 18.2. The number of aromatic nitrogens is 1. The highest BCUT2D eigenvalue weighted by Crippen LogP contribution is 2.24. The number of anilines is 1. The van der Waals surface area contributed by atoms with E-state index in [0.717, 1.165) is 17.1 Å². The molecule has 0 bridgehead atoms. The first-order valence-corrected chi connectivity index (χ1v) is 8.99. The van der Waals surface area contributed by atoms with E-state index in [1.165, 1.54) is 11.8 Å². The minimum Gasteiger partial charge on any atom is -0.497 e. The van der Waals surface area contributed by atoms with Crippen molar-refractivity contribution in [3.8, 4) is 11.8 Å². The maximum Gasteiger partial charge on any atom is 0.225 e. The summed E-state index contributed by atoms with van der Waals surface area (Å²) in [6, 6.07) is 13.0. The lowest BCUT2D eigenvalue weighted by Crippen LogP contribution is -2.12. The first-order chi connectivity index (χ1) is 12.0. The molecule has 1 aromatic carbocycles. The van der Waals surface area contributed by atoms with Gasteiger partial charge in [0.1, 0.15) is 16.8 Å². The molecule has 0 aliphatic heterocycles. The summed E-state index contributed by atoms with van der Waals surface area (Å²) in [6.07, 6.45) is 0.342. The van der Waals surface area contributed by atoms with Crippen LogP contribution in [0.5, 0.6) is 5.75 Å². The van der Waals surface area contributed by atoms with Gasteiger partial charge in [0.2, 0.25) is 5.91 Å². The Balaban J connectivity index is 1.90. The lowest BCUT2D eigenvalue weighted by Gasteiger charge is -2.09. The van der Waals surface area contributed by atoms with Crippen LogP contribution in [0.15, 0.2) is 41.4 Å². The second kappa shape index (κ2) is 9.09. The lowest BCUT2D eigenvalue weighted by atomic mass is 10.1. The number of amides is 1. The minimum atomic E-state index is -0.0730. The molecule has 0 aliphatic carbocycles. The Hall–Kier alpha value is -2.52. The van der Waals surface area contributed by atoms with Gasteiger partial charge in [-0.3, -0.25) is 4.79 Å². The summed E-state index contributed by atoms with van der Waals surface area (Å²) in [5.74, 6) is 1.53. The number of nitrogens with zero attached hydrogens (tertiary/aromatic N) is 2. The minimum absolute atomic E-state index is 0.0730. The quantitative estimate of drug-likeness (QED) is 0.753. The summed E-state index contributed by atoms with van der Waals surface area (Å²) in [4.78, 5) is 16.6. The van der Waals surface area contributed by atoms with Crippen molar-refractivity contribution in [1.29, 1.82) is 5.26 Å². The van der Waals surface area contributed by atoms with Crippen LogP contribution >= 0.6 is 11.8 Å². The number of rotatable bonds is 7. The molecule has 0 atom stereocenters. The van der Waals surface area contributed by atoms with Gasteiger partial charge in [0.15, 0.2) is 0 Å². The van der Waals surface area contributed by atoms with Crippen LogP contribution in [0.4, 0.5) is 5.69 Å². The highest BCUT2D eigenvalue weighted by atomic mass is 32.2. The van der Waals surface area contributed by atoms with Crippen molar-refractivity contribution < 1.29 is 9.53 Å². The van der Waals surface area contributed by atoms with Crippen LogP contribution in [-0.4, -0.2) is 23.8 Å². The van der Waals surface area contributed by atoms with Gasteiger partial charge in [0, 0.05) is 23.6 Å². The molecule has 5 nitrogen and oxygen atoms in total. The Morgan fingerprint density at radius 1 is 1.28 bits per heavy atom. The summed E-state index contributed by atoms with van der Waals surface area (Å²) in [6.45, 7) is 4.12. The van der Waals surface area contributed by atoms with E-state index in [9.17, 15) is 10.1 Å². The topological polar surface area (TPSA) is 75.0 Å². The first-order valence-electron chi connectivity index (χ1n) is 8.01. The Bertz CT molecular complexity index is 767. The van der Waals surface area contributed by atoms with E-state index in [2.05, 4.69) is 30.2 Å². The van der Waals surface area contributed by atoms with Gasteiger partial charge < -0.3 is 10.1 Å². The van der Waals surface area contributed by atoms with E-state index < -0.39 is 0 Å². The van der Waals surface area contributed by atoms with Crippen LogP contribution in [0.3, 0.4) is 0 Å². The summed E-state index contributed by atoms with van der Waals surface area (Å²) in [7, 11) is 1.60. The fourth-order valence-corrected chi connectivity index (χ4v) is 3.03. The standard InChI is InChI=1S/C19H21N3O2S/c1-13(2)17-9-4-14(12-20)19(22-17)25-11-10-18(23)21-15-5-7-16(24-3)8-6-15/h4-9,13H,10-11H2,1-3H3,(H,21,23). The van der Waals surface area contributed by atoms with Crippen LogP contribution in [0.1, 0.15) is 37.4 Å². The number of carbonyl (C=O) groups is 1. The molecule has 1 heterocycles. The molecule has 0 saturated heterocycles. The highest BCUT2D eigenvalue weighted by molar-refractivity contribution is 7.99. The number of pyridine rings is 1. The molecule has 25 heavy (non-hydrogen) atoms. The monoisotopic (exact) mass is 355 g/mol. The predicted octanol–water partition coefficient (Wildman–Crippen LogP) is 4.21. The van der Waals surface area contributed by atoms with Gasteiger partial charge >= 0.3 is 0 Å². The van der Waals surface area contributed by atoms with Crippen molar-refractivity contribution in [2.75, 3.05) is 18.2 Å². The number of nitrogens with one attached hydrogen (secondary N) is 1. The SMILES string of the molecule is COc1ccc(NC(=O)CCSc2nc(C(C)C)ccc2C#N)cc1. The Kier molecular flexibility index (Phi) is 6.84. The summed E-state index contributed by atoms with van der Waals surface area (Å²) < 4.78 is 5.09. The number of hydrogen-bond acceptors (Lipinski definition) is 5. The fourth-order valence-electron chi connectivity index (χ4n) is 2.11.